The van der Waals surface area contributed by atoms with Crippen LogP contribution in [0, 0.1) is 17.8 Å². The second-order valence-corrected chi connectivity index (χ2v) is 9.53. The molecule has 4 nitrogen and oxygen atoms in total. The lowest BCUT2D eigenvalue weighted by Crippen LogP contribution is -2.63. The lowest BCUT2D eigenvalue weighted by molar-refractivity contribution is -0.146. The summed E-state index contributed by atoms with van der Waals surface area (Å²) in [6.45, 7) is 4.68. The molecule has 0 N–H and O–H groups in total. The first-order chi connectivity index (χ1) is 13.8. The molecule has 1 aromatic carbocycles. The number of hydrogen-bond donors (Lipinski definition) is 0. The molecule has 0 spiro atoms. The van der Waals surface area contributed by atoms with Crippen molar-refractivity contribution in [3.05, 3.63) is 35.9 Å². The molecular weight excluding hydrogens is 348 g/mol. The van der Waals surface area contributed by atoms with Gasteiger partial charge in [0.25, 0.3) is 0 Å². The Morgan fingerprint density at radius 1 is 1.00 bits per heavy atom. The van der Waals surface area contributed by atoms with Crippen LogP contribution in [0.2, 0.25) is 0 Å². The van der Waals surface area contributed by atoms with Crippen LogP contribution in [-0.2, 0) is 16.0 Å². The molecule has 1 aromatic rings. The highest BCUT2D eigenvalue weighted by Gasteiger charge is 2.45. The Kier molecular flexibility index (Phi) is 5.43. The number of ether oxygens (including phenoxy) is 1. The van der Waals surface area contributed by atoms with Gasteiger partial charge in [0.1, 0.15) is 0 Å². The molecule has 0 aliphatic carbocycles. The van der Waals surface area contributed by atoms with Gasteiger partial charge in [-0.15, -0.1) is 0 Å². The standard InChI is InChI=1S/C24H34N2O2/c27-24(20-9-11-28-12-10-20)25-15-19-13-21(17-25)23-8-4-7-22(26(23)16-19)14-18-5-2-1-3-6-18/h1-3,5-6,19-23H,4,7-17H2/t19-,21+,22+,23-/m0/s1. The van der Waals surface area contributed by atoms with Gasteiger partial charge >= 0.3 is 0 Å². The molecule has 4 aliphatic heterocycles. The summed E-state index contributed by atoms with van der Waals surface area (Å²) in [5.41, 5.74) is 1.47. The maximum Gasteiger partial charge on any atom is 0.225 e. The minimum Gasteiger partial charge on any atom is -0.381 e. The quantitative estimate of drug-likeness (QED) is 0.804. The van der Waals surface area contributed by atoms with E-state index in [-0.39, 0.29) is 5.92 Å². The fourth-order valence-electron chi connectivity index (χ4n) is 6.40. The lowest BCUT2D eigenvalue weighted by Gasteiger charge is -2.55. The number of nitrogens with zero attached hydrogens (tertiary/aromatic N) is 2. The molecule has 4 saturated heterocycles. The van der Waals surface area contributed by atoms with Crippen molar-refractivity contribution in [2.24, 2.45) is 17.8 Å². The molecule has 4 aliphatic rings. The van der Waals surface area contributed by atoms with E-state index in [2.05, 4.69) is 40.1 Å². The van der Waals surface area contributed by atoms with Crippen molar-refractivity contribution in [3.63, 3.8) is 0 Å². The monoisotopic (exact) mass is 382 g/mol. The van der Waals surface area contributed by atoms with E-state index < -0.39 is 0 Å². The molecule has 0 saturated carbocycles. The molecule has 0 aromatic heterocycles. The van der Waals surface area contributed by atoms with Crippen molar-refractivity contribution in [2.45, 2.75) is 57.0 Å². The van der Waals surface area contributed by atoms with Gasteiger partial charge in [-0.3, -0.25) is 9.69 Å². The van der Waals surface area contributed by atoms with E-state index in [9.17, 15) is 4.79 Å². The van der Waals surface area contributed by atoms with Crippen LogP contribution < -0.4 is 0 Å². The number of carbonyl (C=O) groups excluding carboxylic acids is 1. The molecule has 4 fully saturated rings. The van der Waals surface area contributed by atoms with Gasteiger partial charge in [0.05, 0.1) is 0 Å². The molecule has 5 rings (SSSR count). The van der Waals surface area contributed by atoms with E-state index in [1.807, 2.05) is 0 Å². The van der Waals surface area contributed by atoms with Crippen LogP contribution in [0.3, 0.4) is 0 Å². The van der Waals surface area contributed by atoms with Crippen LogP contribution in [0.1, 0.15) is 44.1 Å². The molecular formula is C24H34N2O2. The zero-order chi connectivity index (χ0) is 18.9. The summed E-state index contributed by atoms with van der Waals surface area (Å²) in [6.07, 6.45) is 8.34. The van der Waals surface area contributed by atoms with Gasteiger partial charge in [-0.05, 0) is 55.9 Å². The summed E-state index contributed by atoms with van der Waals surface area (Å²) in [7, 11) is 0. The second-order valence-electron chi connectivity index (χ2n) is 9.53. The van der Waals surface area contributed by atoms with E-state index in [1.165, 1.54) is 44.2 Å². The Balaban J connectivity index is 1.27. The highest BCUT2D eigenvalue weighted by molar-refractivity contribution is 5.79. The number of rotatable bonds is 3. The van der Waals surface area contributed by atoms with Crippen molar-refractivity contribution in [2.75, 3.05) is 32.8 Å². The molecule has 0 unspecified atom stereocenters. The van der Waals surface area contributed by atoms with Crippen LogP contribution >= 0.6 is 0 Å². The molecule has 2 bridgehead atoms. The number of fused-ring (bicyclic) bond motifs is 4. The zero-order valence-corrected chi connectivity index (χ0v) is 17.0. The smallest absolute Gasteiger partial charge is 0.225 e. The van der Waals surface area contributed by atoms with Crippen molar-refractivity contribution >= 4 is 5.91 Å². The second kappa shape index (κ2) is 8.16. The predicted octanol–water partition coefficient (Wildman–Crippen LogP) is 3.36. The molecule has 4 heteroatoms. The topological polar surface area (TPSA) is 32.8 Å². The zero-order valence-electron chi connectivity index (χ0n) is 17.0. The van der Waals surface area contributed by atoms with Crippen molar-refractivity contribution < 1.29 is 9.53 Å². The Hall–Kier alpha value is -1.39. The highest BCUT2D eigenvalue weighted by atomic mass is 16.5. The van der Waals surface area contributed by atoms with E-state index >= 15 is 0 Å². The van der Waals surface area contributed by atoms with Gasteiger partial charge in [0.15, 0.2) is 0 Å². The summed E-state index contributed by atoms with van der Waals surface area (Å²) >= 11 is 0. The Labute approximate surface area is 169 Å². The van der Waals surface area contributed by atoms with E-state index in [0.717, 1.165) is 39.1 Å². The Bertz CT molecular complexity index is 672. The van der Waals surface area contributed by atoms with Crippen molar-refractivity contribution in [1.82, 2.24) is 9.80 Å². The predicted molar refractivity (Wildman–Crippen MR) is 110 cm³/mol. The van der Waals surface area contributed by atoms with Crippen LogP contribution in [0.25, 0.3) is 0 Å². The molecule has 1 amide bonds. The van der Waals surface area contributed by atoms with Crippen LogP contribution in [0.4, 0.5) is 0 Å². The number of likely N-dealkylation sites (tertiary alicyclic amines) is 1. The number of amides is 1. The van der Waals surface area contributed by atoms with Gasteiger partial charge in [-0.25, -0.2) is 0 Å². The van der Waals surface area contributed by atoms with Crippen LogP contribution in [0.5, 0.6) is 0 Å². The van der Waals surface area contributed by atoms with Gasteiger partial charge in [0, 0.05) is 50.8 Å². The maximum absolute atomic E-state index is 13.1. The van der Waals surface area contributed by atoms with E-state index in [0.29, 0.717) is 29.8 Å². The van der Waals surface area contributed by atoms with Gasteiger partial charge in [0.2, 0.25) is 5.91 Å². The van der Waals surface area contributed by atoms with Crippen LogP contribution in [0.15, 0.2) is 30.3 Å². The first-order valence-corrected chi connectivity index (χ1v) is 11.4. The molecule has 0 radical (unpaired) electrons. The molecule has 4 heterocycles. The third-order valence-corrected chi connectivity index (χ3v) is 7.71. The van der Waals surface area contributed by atoms with E-state index in [1.54, 1.807) is 0 Å². The first kappa shape index (κ1) is 18.6. The van der Waals surface area contributed by atoms with Gasteiger partial charge in [-0.2, -0.15) is 0 Å². The molecule has 28 heavy (non-hydrogen) atoms. The maximum atomic E-state index is 13.1. The average molecular weight is 383 g/mol. The Morgan fingerprint density at radius 3 is 2.64 bits per heavy atom. The highest BCUT2D eigenvalue weighted by Crippen LogP contribution is 2.40. The SMILES string of the molecule is O=C(C1CCOCC1)N1C[C@@H]2C[C@H](C1)[C@@H]1CCC[C@H](Cc3ccccc3)N1C2. The normalized spacial score (nSPS) is 34.1. The lowest BCUT2D eigenvalue weighted by atomic mass is 9.73. The molecule has 4 atom stereocenters. The third-order valence-electron chi connectivity index (χ3n) is 7.71. The first-order valence-electron chi connectivity index (χ1n) is 11.4. The number of hydrogen-bond acceptors (Lipinski definition) is 3. The van der Waals surface area contributed by atoms with E-state index in [4.69, 9.17) is 4.74 Å². The summed E-state index contributed by atoms with van der Waals surface area (Å²) in [5.74, 6) is 1.97. The summed E-state index contributed by atoms with van der Waals surface area (Å²) < 4.78 is 5.47. The summed E-state index contributed by atoms with van der Waals surface area (Å²) in [6, 6.07) is 12.4. The van der Waals surface area contributed by atoms with Gasteiger partial charge < -0.3 is 9.64 Å². The summed E-state index contributed by atoms with van der Waals surface area (Å²) in [4.78, 5) is 18.2. The van der Waals surface area contributed by atoms with Crippen molar-refractivity contribution in [1.29, 1.82) is 0 Å². The van der Waals surface area contributed by atoms with Crippen molar-refractivity contribution in [3.8, 4) is 0 Å². The fraction of sp³-hybridized carbons (Fsp3) is 0.708. The largest absolute Gasteiger partial charge is 0.381 e. The number of benzene rings is 1. The average Bonchev–Trinajstić information content (AvgIpc) is 2.75. The Morgan fingerprint density at radius 2 is 1.82 bits per heavy atom. The summed E-state index contributed by atoms with van der Waals surface area (Å²) in [5, 5.41) is 0. The number of carbonyl (C=O) groups is 1. The minimum absolute atomic E-state index is 0.209. The fourth-order valence-corrected chi connectivity index (χ4v) is 6.40. The van der Waals surface area contributed by atoms with Crippen LogP contribution in [-0.4, -0.2) is 60.6 Å². The third kappa shape index (κ3) is 3.73. The minimum atomic E-state index is 0.209. The molecule has 152 valence electrons. The number of piperidine rings is 3. The van der Waals surface area contributed by atoms with Gasteiger partial charge in [-0.1, -0.05) is 36.8 Å².